The molecule has 0 spiro atoms. The van der Waals surface area contributed by atoms with E-state index in [2.05, 4.69) is 36.4 Å². The zero-order valence-corrected chi connectivity index (χ0v) is 20.1. The van der Waals surface area contributed by atoms with Crippen LogP contribution in [0.15, 0.2) is 54.7 Å². The number of hydrogen-bond donors (Lipinski definition) is 3. The number of phenols is 1. The van der Waals surface area contributed by atoms with Crippen molar-refractivity contribution in [3.05, 3.63) is 76.4 Å². The van der Waals surface area contributed by atoms with Crippen LogP contribution in [0.1, 0.15) is 47.3 Å². The minimum atomic E-state index is -0.274. The number of aryl methyl sites for hydroxylation is 1. The molecule has 2 aromatic heterocycles. The molecule has 4 rings (SSSR count). The summed E-state index contributed by atoms with van der Waals surface area (Å²) >= 11 is 1.25. The van der Waals surface area contributed by atoms with Crippen molar-refractivity contribution >= 4 is 33.9 Å². The highest BCUT2D eigenvalue weighted by molar-refractivity contribution is 7.17. The topological polar surface area (TPSA) is 92.1 Å². The monoisotopic (exact) mass is 461 g/mol. The maximum Gasteiger partial charge on any atom is 0.267 e. The van der Waals surface area contributed by atoms with E-state index in [1.165, 1.54) is 11.3 Å². The molecule has 2 heterocycles. The van der Waals surface area contributed by atoms with Gasteiger partial charge in [-0.3, -0.25) is 4.79 Å². The van der Waals surface area contributed by atoms with Gasteiger partial charge in [-0.15, -0.1) is 0 Å². The molecule has 0 saturated carbocycles. The van der Waals surface area contributed by atoms with Crippen LogP contribution in [0.2, 0.25) is 0 Å². The molecule has 0 aliphatic rings. The lowest BCUT2D eigenvalue weighted by molar-refractivity contribution is 0.103. The third-order valence-electron chi connectivity index (χ3n) is 5.33. The Morgan fingerprint density at radius 2 is 1.82 bits per heavy atom. The number of nitrogens with one attached hydrogen (secondary N) is 2. The van der Waals surface area contributed by atoms with E-state index in [0.717, 1.165) is 22.8 Å². The summed E-state index contributed by atoms with van der Waals surface area (Å²) in [6.45, 7) is 10.0. The molecule has 0 aliphatic carbocycles. The van der Waals surface area contributed by atoms with Crippen LogP contribution in [-0.2, 0) is 5.41 Å². The number of amides is 1. The Morgan fingerprint density at radius 1 is 1.09 bits per heavy atom. The molecule has 0 aliphatic heterocycles. The molecule has 0 atom stereocenters. The van der Waals surface area contributed by atoms with E-state index in [0.29, 0.717) is 21.3 Å². The number of aromatic hydroxyl groups is 1. The van der Waals surface area contributed by atoms with Gasteiger partial charge >= 0.3 is 0 Å². The minimum Gasteiger partial charge on any atom is -0.508 e. The quantitative estimate of drug-likeness (QED) is 0.342. The zero-order chi connectivity index (χ0) is 23.8. The molecule has 4 aromatic rings. The lowest BCUT2D eigenvalue weighted by Crippen LogP contribution is -2.12. The van der Waals surface area contributed by atoms with Gasteiger partial charge in [-0.05, 0) is 37.6 Å². The molecule has 170 valence electrons. The van der Waals surface area contributed by atoms with Gasteiger partial charge in [-0.25, -0.2) is 9.67 Å². The van der Waals surface area contributed by atoms with Gasteiger partial charge in [0.25, 0.3) is 5.91 Å². The van der Waals surface area contributed by atoms with Crippen molar-refractivity contribution in [3.8, 4) is 11.4 Å². The molecule has 3 N–H and O–H groups in total. The van der Waals surface area contributed by atoms with Crippen molar-refractivity contribution in [2.45, 2.75) is 40.0 Å². The molecule has 1 amide bonds. The van der Waals surface area contributed by atoms with Crippen LogP contribution in [0.4, 0.5) is 16.6 Å². The Labute approximate surface area is 197 Å². The SMILES string of the molecule is Cc1ccc(O)c(C)c1NC(=O)c1cnc(Nc2cc(C(C)(C)C)nn2-c2ccccc2)s1. The van der Waals surface area contributed by atoms with Crippen molar-refractivity contribution in [1.82, 2.24) is 14.8 Å². The summed E-state index contributed by atoms with van der Waals surface area (Å²) in [5, 5.41) is 21.6. The van der Waals surface area contributed by atoms with Crippen molar-refractivity contribution < 1.29 is 9.90 Å². The number of aromatic nitrogens is 3. The summed E-state index contributed by atoms with van der Waals surface area (Å²) in [6.07, 6.45) is 1.55. The number of benzene rings is 2. The highest BCUT2D eigenvalue weighted by Crippen LogP contribution is 2.31. The van der Waals surface area contributed by atoms with E-state index in [9.17, 15) is 9.90 Å². The number of nitrogens with zero attached hydrogens (tertiary/aromatic N) is 3. The van der Waals surface area contributed by atoms with Gasteiger partial charge in [-0.1, -0.05) is 56.4 Å². The molecule has 0 saturated heterocycles. The molecular weight excluding hydrogens is 434 g/mol. The summed E-state index contributed by atoms with van der Waals surface area (Å²) in [7, 11) is 0. The largest absolute Gasteiger partial charge is 0.508 e. The molecule has 2 aromatic carbocycles. The summed E-state index contributed by atoms with van der Waals surface area (Å²) in [6, 6.07) is 15.3. The number of anilines is 3. The third kappa shape index (κ3) is 4.75. The average molecular weight is 462 g/mol. The van der Waals surface area contributed by atoms with Crippen LogP contribution in [0.25, 0.3) is 5.69 Å². The first kappa shape index (κ1) is 22.5. The van der Waals surface area contributed by atoms with Gasteiger partial charge in [-0.2, -0.15) is 5.10 Å². The summed E-state index contributed by atoms with van der Waals surface area (Å²) < 4.78 is 1.85. The van der Waals surface area contributed by atoms with Gasteiger partial charge < -0.3 is 15.7 Å². The number of thiazole rings is 1. The van der Waals surface area contributed by atoms with E-state index in [4.69, 9.17) is 5.10 Å². The normalized spacial score (nSPS) is 11.4. The Hall–Kier alpha value is -3.65. The van der Waals surface area contributed by atoms with Gasteiger partial charge in [0, 0.05) is 17.0 Å². The van der Waals surface area contributed by atoms with E-state index in [1.54, 1.807) is 25.3 Å². The number of para-hydroxylation sites is 1. The maximum absolute atomic E-state index is 12.9. The van der Waals surface area contributed by atoms with Crippen LogP contribution in [0.5, 0.6) is 5.75 Å². The molecule has 7 nitrogen and oxygen atoms in total. The molecule has 0 unspecified atom stereocenters. The minimum absolute atomic E-state index is 0.124. The van der Waals surface area contributed by atoms with Crippen molar-refractivity contribution in [1.29, 1.82) is 0 Å². The van der Waals surface area contributed by atoms with Crippen LogP contribution in [0, 0.1) is 13.8 Å². The standard InChI is InChI=1S/C25H27N5O2S/c1-15-11-12-18(31)16(2)22(15)28-23(32)19-14-26-24(33-19)27-21-13-20(25(3,4)5)29-30(21)17-9-7-6-8-10-17/h6-14,31H,1-5H3,(H,26,27)(H,28,32). The molecule has 33 heavy (non-hydrogen) atoms. The summed E-state index contributed by atoms with van der Waals surface area (Å²) in [5.41, 5.74) is 3.87. The smallest absolute Gasteiger partial charge is 0.267 e. The van der Waals surface area contributed by atoms with Crippen LogP contribution >= 0.6 is 11.3 Å². The predicted molar refractivity (Wildman–Crippen MR) is 133 cm³/mol. The molecular formula is C25H27N5O2S. The first-order valence-electron chi connectivity index (χ1n) is 10.6. The van der Waals surface area contributed by atoms with Gasteiger partial charge in [0.05, 0.1) is 23.3 Å². The van der Waals surface area contributed by atoms with E-state index >= 15 is 0 Å². The Kier molecular flexibility index (Phi) is 5.95. The van der Waals surface area contributed by atoms with Gasteiger partial charge in [0.2, 0.25) is 0 Å². The summed E-state index contributed by atoms with van der Waals surface area (Å²) in [4.78, 5) is 17.7. The first-order chi connectivity index (χ1) is 15.6. The molecule has 0 fully saturated rings. The van der Waals surface area contributed by atoms with E-state index in [1.807, 2.05) is 48.0 Å². The Morgan fingerprint density at radius 3 is 2.52 bits per heavy atom. The lowest BCUT2D eigenvalue weighted by Gasteiger charge is -2.14. The zero-order valence-electron chi connectivity index (χ0n) is 19.3. The number of rotatable bonds is 5. The van der Waals surface area contributed by atoms with E-state index in [-0.39, 0.29) is 17.1 Å². The number of carbonyl (C=O) groups excluding carboxylic acids is 1. The third-order valence-corrected chi connectivity index (χ3v) is 6.24. The second-order valence-corrected chi connectivity index (χ2v) is 9.95. The second kappa shape index (κ2) is 8.71. The predicted octanol–water partition coefficient (Wildman–Crippen LogP) is 5.94. The number of hydrogen-bond acceptors (Lipinski definition) is 6. The van der Waals surface area contributed by atoms with Crippen molar-refractivity contribution in [2.24, 2.45) is 0 Å². The fourth-order valence-electron chi connectivity index (χ4n) is 3.35. The van der Waals surface area contributed by atoms with Gasteiger partial charge in [0.15, 0.2) is 5.13 Å². The fourth-order valence-corrected chi connectivity index (χ4v) is 4.07. The average Bonchev–Trinajstić information content (AvgIpc) is 3.42. The van der Waals surface area contributed by atoms with Crippen LogP contribution < -0.4 is 10.6 Å². The molecule has 0 radical (unpaired) electrons. The van der Waals surface area contributed by atoms with Gasteiger partial charge in [0.1, 0.15) is 16.4 Å². The second-order valence-electron chi connectivity index (χ2n) is 8.92. The Bertz CT molecular complexity index is 1300. The number of phenolic OH excluding ortho intramolecular Hbond substituents is 1. The van der Waals surface area contributed by atoms with Crippen LogP contribution in [-0.4, -0.2) is 25.8 Å². The number of carbonyl (C=O) groups is 1. The van der Waals surface area contributed by atoms with Crippen molar-refractivity contribution in [3.63, 3.8) is 0 Å². The first-order valence-corrected chi connectivity index (χ1v) is 11.4. The molecule has 0 bridgehead atoms. The maximum atomic E-state index is 12.9. The van der Waals surface area contributed by atoms with E-state index < -0.39 is 0 Å². The summed E-state index contributed by atoms with van der Waals surface area (Å²) in [5.74, 6) is 0.641. The van der Waals surface area contributed by atoms with Crippen LogP contribution in [0.3, 0.4) is 0 Å². The van der Waals surface area contributed by atoms with Crippen molar-refractivity contribution in [2.75, 3.05) is 10.6 Å². The lowest BCUT2D eigenvalue weighted by atomic mass is 9.92. The Balaban J connectivity index is 1.60. The highest BCUT2D eigenvalue weighted by atomic mass is 32.1. The fraction of sp³-hybridized carbons (Fsp3) is 0.240. The highest BCUT2D eigenvalue weighted by Gasteiger charge is 2.22. The molecule has 8 heteroatoms.